The molecule has 2 N–H and O–H groups in total. The first-order valence-corrected chi connectivity index (χ1v) is 13.4. The third kappa shape index (κ3) is 6.91. The first kappa shape index (κ1) is 28.9. The number of imidazole rings is 1. The number of halogens is 1. The number of likely N-dealkylation sites (N-methyl/N-ethyl adjacent to an activating group) is 1. The molecular weight excluding hydrogens is 534 g/mol. The molecule has 12 heteroatoms. The van der Waals surface area contributed by atoms with Gasteiger partial charge in [-0.1, -0.05) is 73.5 Å². The lowest BCUT2D eigenvalue weighted by atomic mass is 9.98. The maximum Gasteiger partial charge on any atom is 0.324 e. The molecule has 0 aliphatic heterocycles. The third-order valence-corrected chi connectivity index (χ3v) is 6.89. The smallest absolute Gasteiger partial charge is 0.324 e. The highest BCUT2D eigenvalue weighted by molar-refractivity contribution is 6.30. The molecule has 40 heavy (non-hydrogen) atoms. The number of rotatable bonds is 13. The Labute approximate surface area is 237 Å². The summed E-state index contributed by atoms with van der Waals surface area (Å²) >= 11 is 6.53. The minimum atomic E-state index is -1.08. The summed E-state index contributed by atoms with van der Waals surface area (Å²) in [6, 6.07) is 15.1. The molecule has 0 aliphatic carbocycles. The number of tetrazole rings is 1. The van der Waals surface area contributed by atoms with Gasteiger partial charge >= 0.3 is 11.9 Å². The number of benzene rings is 2. The molecule has 4 aromatic rings. The highest BCUT2D eigenvalue weighted by Gasteiger charge is 2.27. The standard InChI is InChI=1S/C28H32ClN7O4/c1-4-5-10-24-30-26(29)23(17-40-28(39)22(35(2)3)15-25(37)38)36(24)16-18-11-13-19(14-12-18)20-8-6-7-9-21(20)27-31-33-34-32-27/h6-9,11-14,22H,4-5,10,15-17H2,1-3H3,(H,37,38)(H,31,32,33,34)/t22-/m1/s1. The normalized spacial score (nSPS) is 12.0. The number of nitrogens with one attached hydrogen (secondary N) is 1. The molecule has 0 bridgehead atoms. The molecule has 0 aliphatic rings. The average molecular weight is 566 g/mol. The fraction of sp³-hybridized carbons (Fsp3) is 0.357. The lowest BCUT2D eigenvalue weighted by molar-refractivity contribution is -0.154. The number of nitrogens with zero attached hydrogens (tertiary/aromatic N) is 6. The van der Waals surface area contributed by atoms with Gasteiger partial charge in [0.1, 0.15) is 18.5 Å². The number of unbranched alkanes of at least 4 members (excludes halogenated alkanes) is 1. The van der Waals surface area contributed by atoms with Crippen molar-refractivity contribution in [3.05, 3.63) is 70.8 Å². The van der Waals surface area contributed by atoms with Crippen molar-refractivity contribution in [1.29, 1.82) is 0 Å². The summed E-state index contributed by atoms with van der Waals surface area (Å²) in [5, 5.41) is 23.9. The van der Waals surface area contributed by atoms with Gasteiger partial charge < -0.3 is 14.4 Å². The molecule has 2 aromatic heterocycles. The molecule has 2 heterocycles. The Morgan fingerprint density at radius 2 is 1.85 bits per heavy atom. The van der Waals surface area contributed by atoms with Crippen molar-refractivity contribution < 1.29 is 19.4 Å². The van der Waals surface area contributed by atoms with Crippen molar-refractivity contribution in [2.24, 2.45) is 0 Å². The Balaban J connectivity index is 1.57. The molecule has 0 radical (unpaired) electrons. The predicted molar refractivity (Wildman–Crippen MR) is 150 cm³/mol. The van der Waals surface area contributed by atoms with E-state index in [1.807, 2.05) is 53.1 Å². The minimum Gasteiger partial charge on any atom is -0.481 e. The molecule has 0 fully saturated rings. The molecular formula is C28H32ClN7O4. The van der Waals surface area contributed by atoms with E-state index in [2.05, 4.69) is 32.5 Å². The van der Waals surface area contributed by atoms with Crippen LogP contribution in [0.2, 0.25) is 5.15 Å². The fourth-order valence-corrected chi connectivity index (χ4v) is 4.67. The third-order valence-electron chi connectivity index (χ3n) is 6.59. The quantitative estimate of drug-likeness (QED) is 0.228. The number of hydrogen-bond acceptors (Lipinski definition) is 8. The van der Waals surface area contributed by atoms with E-state index in [4.69, 9.17) is 16.3 Å². The Bertz CT molecular complexity index is 1440. The first-order valence-electron chi connectivity index (χ1n) is 13.0. The lowest BCUT2D eigenvalue weighted by Crippen LogP contribution is -2.39. The highest BCUT2D eigenvalue weighted by atomic mass is 35.5. The number of carboxylic acids is 1. The van der Waals surface area contributed by atoms with Crippen LogP contribution in [0.15, 0.2) is 48.5 Å². The van der Waals surface area contributed by atoms with Gasteiger partial charge in [0, 0.05) is 18.5 Å². The van der Waals surface area contributed by atoms with Crippen LogP contribution in [0, 0.1) is 0 Å². The zero-order chi connectivity index (χ0) is 28.6. The van der Waals surface area contributed by atoms with Crippen LogP contribution in [-0.4, -0.2) is 72.3 Å². The summed E-state index contributed by atoms with van der Waals surface area (Å²) in [6.45, 7) is 2.47. The SMILES string of the molecule is CCCCc1nc(Cl)c(COC(=O)[C@@H](CC(=O)O)N(C)C)n1Cc1ccc(-c2ccccc2-c2nn[nH]n2)cc1. The molecule has 1 atom stereocenters. The van der Waals surface area contributed by atoms with Gasteiger partial charge in [-0.05, 0) is 42.4 Å². The summed E-state index contributed by atoms with van der Waals surface area (Å²) < 4.78 is 7.53. The second kappa shape index (κ2) is 13.3. The van der Waals surface area contributed by atoms with E-state index >= 15 is 0 Å². The Hall–Kier alpha value is -4.09. The molecule has 0 saturated carbocycles. The molecule has 0 unspecified atom stereocenters. The summed E-state index contributed by atoms with van der Waals surface area (Å²) in [5.74, 6) is -0.383. The molecule has 2 aromatic carbocycles. The van der Waals surface area contributed by atoms with Crippen LogP contribution in [0.4, 0.5) is 0 Å². The van der Waals surface area contributed by atoms with Crippen molar-refractivity contribution in [1.82, 2.24) is 35.1 Å². The number of ether oxygens (including phenoxy) is 1. The number of H-pyrrole nitrogens is 1. The molecule has 0 amide bonds. The van der Waals surface area contributed by atoms with Crippen LogP contribution >= 0.6 is 11.6 Å². The van der Waals surface area contributed by atoms with Gasteiger partial charge in [0.05, 0.1) is 12.1 Å². The number of carboxylic acid groups (broad SMARTS) is 1. The lowest BCUT2D eigenvalue weighted by Gasteiger charge is -2.21. The van der Waals surface area contributed by atoms with Crippen LogP contribution in [0.25, 0.3) is 22.5 Å². The maximum atomic E-state index is 12.7. The van der Waals surface area contributed by atoms with Gasteiger partial charge in [-0.15, -0.1) is 10.2 Å². The van der Waals surface area contributed by atoms with Crippen molar-refractivity contribution in [2.75, 3.05) is 14.1 Å². The second-order valence-corrected chi connectivity index (χ2v) is 9.98. The molecule has 0 saturated heterocycles. The number of aryl methyl sites for hydroxylation is 1. The van der Waals surface area contributed by atoms with Gasteiger partial charge in [0.2, 0.25) is 5.82 Å². The van der Waals surface area contributed by atoms with E-state index in [0.29, 0.717) is 18.1 Å². The summed E-state index contributed by atoms with van der Waals surface area (Å²) in [7, 11) is 3.28. The van der Waals surface area contributed by atoms with Gasteiger partial charge in [0.15, 0.2) is 5.15 Å². The predicted octanol–water partition coefficient (Wildman–Crippen LogP) is 4.22. The van der Waals surface area contributed by atoms with Crippen LogP contribution in [0.3, 0.4) is 0 Å². The topological polar surface area (TPSA) is 139 Å². The molecule has 210 valence electrons. The van der Waals surface area contributed by atoms with E-state index in [0.717, 1.165) is 47.3 Å². The number of carbonyl (C=O) groups excluding carboxylic acids is 1. The van der Waals surface area contributed by atoms with Crippen LogP contribution in [0.1, 0.15) is 43.3 Å². The van der Waals surface area contributed by atoms with Gasteiger partial charge in [0.25, 0.3) is 0 Å². The zero-order valence-electron chi connectivity index (χ0n) is 22.7. The molecule has 0 spiro atoms. The monoisotopic (exact) mass is 565 g/mol. The average Bonchev–Trinajstić information content (AvgIpc) is 3.58. The van der Waals surface area contributed by atoms with Crippen LogP contribution in [0.5, 0.6) is 0 Å². The van der Waals surface area contributed by atoms with E-state index in [9.17, 15) is 14.7 Å². The van der Waals surface area contributed by atoms with Crippen molar-refractivity contribution in [2.45, 2.75) is 51.8 Å². The number of aromatic nitrogens is 6. The summed E-state index contributed by atoms with van der Waals surface area (Å²) in [5.41, 5.74) is 4.43. The number of carbonyl (C=O) groups is 2. The van der Waals surface area contributed by atoms with Crippen LogP contribution < -0.4 is 0 Å². The van der Waals surface area contributed by atoms with E-state index < -0.39 is 18.0 Å². The Morgan fingerprint density at radius 3 is 2.48 bits per heavy atom. The van der Waals surface area contributed by atoms with Crippen molar-refractivity contribution in [3.8, 4) is 22.5 Å². The van der Waals surface area contributed by atoms with E-state index in [1.165, 1.54) is 4.90 Å². The number of aromatic amines is 1. The highest BCUT2D eigenvalue weighted by Crippen LogP contribution is 2.30. The van der Waals surface area contributed by atoms with Crippen molar-refractivity contribution in [3.63, 3.8) is 0 Å². The van der Waals surface area contributed by atoms with Gasteiger partial charge in [-0.2, -0.15) is 5.21 Å². The molecule has 11 nitrogen and oxygen atoms in total. The largest absolute Gasteiger partial charge is 0.481 e. The molecule has 4 rings (SSSR count). The van der Waals surface area contributed by atoms with Gasteiger partial charge in [-0.25, -0.2) is 4.98 Å². The van der Waals surface area contributed by atoms with E-state index in [1.54, 1.807) is 14.1 Å². The first-order chi connectivity index (χ1) is 19.3. The van der Waals surface area contributed by atoms with E-state index in [-0.39, 0.29) is 18.2 Å². The van der Waals surface area contributed by atoms with Crippen LogP contribution in [-0.2, 0) is 33.9 Å². The second-order valence-electron chi connectivity index (χ2n) is 9.62. The summed E-state index contributed by atoms with van der Waals surface area (Å²) in [6.07, 6.45) is 2.28. The number of aliphatic carboxylic acids is 1. The van der Waals surface area contributed by atoms with Gasteiger partial charge in [-0.3, -0.25) is 14.5 Å². The Kier molecular flexibility index (Phi) is 9.62. The number of hydrogen-bond donors (Lipinski definition) is 2. The Morgan fingerprint density at radius 1 is 1.12 bits per heavy atom. The minimum absolute atomic E-state index is 0.114. The summed E-state index contributed by atoms with van der Waals surface area (Å²) in [4.78, 5) is 30.0. The van der Waals surface area contributed by atoms with Crippen molar-refractivity contribution >= 4 is 23.5 Å². The maximum absolute atomic E-state index is 12.7. The number of esters is 1. The zero-order valence-corrected chi connectivity index (χ0v) is 23.4. The fourth-order valence-electron chi connectivity index (χ4n) is 4.41.